The summed E-state index contributed by atoms with van der Waals surface area (Å²) in [7, 11) is -3.38. The minimum absolute atomic E-state index is 0.110. The first-order valence-corrected chi connectivity index (χ1v) is 12.6. The van der Waals surface area contributed by atoms with Crippen molar-refractivity contribution >= 4 is 41.9 Å². The molecule has 2 aromatic carbocycles. The molecule has 0 unspecified atom stereocenters. The number of nitrogens with two attached hydrogens (primary N) is 1. The highest BCUT2D eigenvalue weighted by Gasteiger charge is 2.26. The number of ether oxygens (including phenoxy) is 1. The second kappa shape index (κ2) is 10.9. The van der Waals surface area contributed by atoms with Gasteiger partial charge in [0.2, 0.25) is 0 Å². The van der Waals surface area contributed by atoms with Gasteiger partial charge in [-0.2, -0.15) is 0 Å². The van der Waals surface area contributed by atoms with Crippen molar-refractivity contribution in [2.45, 2.75) is 26.9 Å². The molecule has 6 nitrogen and oxygen atoms in total. The van der Waals surface area contributed by atoms with E-state index in [2.05, 4.69) is 4.98 Å². The zero-order chi connectivity index (χ0) is 24.2. The van der Waals surface area contributed by atoms with Crippen LogP contribution in [0.4, 0.5) is 10.2 Å². The lowest BCUT2D eigenvalue weighted by atomic mass is 10.1. The van der Waals surface area contributed by atoms with Gasteiger partial charge in [0.15, 0.2) is 11.6 Å². The van der Waals surface area contributed by atoms with Crippen LogP contribution < -0.4 is 15.8 Å². The van der Waals surface area contributed by atoms with Crippen molar-refractivity contribution in [3.63, 3.8) is 0 Å². The average molecular weight is 513 g/mol. The number of rotatable bonds is 9. The van der Waals surface area contributed by atoms with E-state index in [1.54, 1.807) is 57.3 Å². The average Bonchev–Trinajstić information content (AvgIpc) is 2.78. The number of hydrogen-bond donors (Lipinski definition) is 1. The number of halogens is 3. The van der Waals surface area contributed by atoms with E-state index in [4.69, 9.17) is 42.7 Å². The molecule has 0 saturated carbocycles. The van der Waals surface area contributed by atoms with Gasteiger partial charge in [-0.15, -0.1) is 0 Å². The molecular weight excluding hydrogens is 489 g/mol. The molecule has 176 valence electrons. The maximum Gasteiger partial charge on any atom is 0.361 e. The molecule has 3 aromatic rings. The molecule has 0 aliphatic heterocycles. The molecule has 1 aromatic heterocycles. The highest BCUT2D eigenvalue weighted by molar-refractivity contribution is 7.62. The van der Waals surface area contributed by atoms with Crippen LogP contribution in [0.15, 0.2) is 48.7 Å². The fraction of sp³-hybridized carbons (Fsp3) is 0.261. The van der Waals surface area contributed by atoms with E-state index in [9.17, 15) is 8.96 Å². The Labute approximate surface area is 202 Å². The van der Waals surface area contributed by atoms with Gasteiger partial charge >= 0.3 is 7.60 Å². The van der Waals surface area contributed by atoms with Gasteiger partial charge < -0.3 is 19.5 Å². The van der Waals surface area contributed by atoms with Crippen LogP contribution in [0.2, 0.25) is 10.0 Å². The lowest BCUT2D eigenvalue weighted by Gasteiger charge is -2.19. The van der Waals surface area contributed by atoms with Gasteiger partial charge in [0.05, 0.1) is 23.5 Å². The molecule has 1 atom stereocenters. The molecule has 2 N–H and O–H groups in total. The van der Waals surface area contributed by atoms with Gasteiger partial charge in [0, 0.05) is 22.3 Å². The van der Waals surface area contributed by atoms with Crippen molar-refractivity contribution < 1.29 is 22.7 Å². The summed E-state index contributed by atoms with van der Waals surface area (Å²) in [5.41, 5.74) is 7.80. The lowest BCUT2D eigenvalue weighted by Crippen LogP contribution is -2.10. The Morgan fingerprint density at radius 3 is 2.30 bits per heavy atom. The van der Waals surface area contributed by atoms with Crippen LogP contribution in [0, 0.1) is 5.82 Å². The van der Waals surface area contributed by atoms with Crippen LogP contribution in [0.1, 0.15) is 32.4 Å². The van der Waals surface area contributed by atoms with E-state index >= 15 is 0 Å². The Morgan fingerprint density at radius 2 is 1.70 bits per heavy atom. The molecule has 0 fully saturated rings. The highest BCUT2D eigenvalue weighted by Crippen LogP contribution is 2.47. The quantitative estimate of drug-likeness (QED) is 0.250. The Morgan fingerprint density at radius 1 is 1.06 bits per heavy atom. The fourth-order valence-corrected chi connectivity index (χ4v) is 5.48. The standard InChI is InChI=1S/C23H24Cl2FN2O4P/c1-4-30-33(29,31-5-2)17-8-6-15(7-9-17)16-12-20(23(27)28-13-16)32-14(3)21-18(24)10-11-19(26)22(21)25/h6-14H,4-5H2,1-3H3,(H2,27,28)/t14-/m1/s1. The van der Waals surface area contributed by atoms with Crippen LogP contribution >= 0.6 is 30.8 Å². The number of nitrogens with zero attached hydrogens (tertiary/aromatic N) is 1. The van der Waals surface area contributed by atoms with Gasteiger partial charge in [0.1, 0.15) is 11.9 Å². The summed E-state index contributed by atoms with van der Waals surface area (Å²) in [4.78, 5) is 4.20. The summed E-state index contributed by atoms with van der Waals surface area (Å²) in [6.45, 7) is 5.73. The second-order valence-corrected chi connectivity index (χ2v) is 9.82. The van der Waals surface area contributed by atoms with Crippen molar-refractivity contribution in [3.8, 4) is 16.9 Å². The maximum atomic E-state index is 13.9. The van der Waals surface area contributed by atoms with Crippen LogP contribution in [-0.2, 0) is 13.6 Å². The fourth-order valence-electron chi connectivity index (χ4n) is 3.23. The van der Waals surface area contributed by atoms with Crippen LogP contribution in [0.3, 0.4) is 0 Å². The molecule has 0 amide bonds. The predicted octanol–water partition coefficient (Wildman–Crippen LogP) is 6.81. The number of aromatic nitrogens is 1. The molecule has 0 aliphatic rings. The molecular formula is C23H24Cl2FN2O4P. The third-order valence-electron chi connectivity index (χ3n) is 4.79. The lowest BCUT2D eigenvalue weighted by molar-refractivity contribution is 0.227. The summed E-state index contributed by atoms with van der Waals surface area (Å²) in [6.07, 6.45) is 0.903. The van der Waals surface area contributed by atoms with Crippen molar-refractivity contribution in [3.05, 3.63) is 70.1 Å². The van der Waals surface area contributed by atoms with Crippen LogP contribution in [0.25, 0.3) is 11.1 Å². The molecule has 10 heteroatoms. The SMILES string of the molecule is CCOP(=O)(OCC)c1ccc(-c2cnc(N)c(O[C@H](C)c3c(Cl)ccc(F)c3Cl)c2)cc1. The summed E-state index contributed by atoms with van der Waals surface area (Å²) < 4.78 is 43.6. The first kappa shape index (κ1) is 25.5. The molecule has 33 heavy (non-hydrogen) atoms. The minimum atomic E-state index is -3.38. The third-order valence-corrected chi connectivity index (χ3v) is 7.63. The minimum Gasteiger partial charge on any atom is -0.482 e. The summed E-state index contributed by atoms with van der Waals surface area (Å²) in [6, 6.07) is 11.2. The van der Waals surface area contributed by atoms with E-state index in [1.807, 2.05) is 0 Å². The Hall–Kier alpha value is -2.15. The number of hydrogen-bond acceptors (Lipinski definition) is 6. The van der Waals surface area contributed by atoms with E-state index in [0.29, 0.717) is 16.4 Å². The zero-order valence-corrected chi connectivity index (χ0v) is 20.8. The largest absolute Gasteiger partial charge is 0.482 e. The summed E-state index contributed by atoms with van der Waals surface area (Å²) in [5.74, 6) is -0.152. The Balaban J connectivity index is 1.89. The summed E-state index contributed by atoms with van der Waals surface area (Å²) in [5, 5.41) is 0.625. The molecule has 0 saturated heterocycles. The first-order valence-electron chi connectivity index (χ1n) is 10.3. The van der Waals surface area contributed by atoms with Crippen molar-refractivity contribution in [1.29, 1.82) is 0 Å². The van der Waals surface area contributed by atoms with Gasteiger partial charge in [0.25, 0.3) is 0 Å². The molecule has 3 rings (SSSR count). The Bertz CT molecular complexity index is 1170. The first-order chi connectivity index (χ1) is 15.7. The number of anilines is 1. The van der Waals surface area contributed by atoms with Crippen molar-refractivity contribution in [2.75, 3.05) is 18.9 Å². The second-order valence-electron chi connectivity index (χ2n) is 7.00. The smallest absolute Gasteiger partial charge is 0.361 e. The van der Waals surface area contributed by atoms with Gasteiger partial charge in [-0.1, -0.05) is 35.3 Å². The summed E-state index contributed by atoms with van der Waals surface area (Å²) >= 11 is 12.3. The van der Waals surface area contributed by atoms with Gasteiger partial charge in [-0.05, 0) is 56.7 Å². The third kappa shape index (κ3) is 5.68. The van der Waals surface area contributed by atoms with Crippen molar-refractivity contribution in [2.24, 2.45) is 0 Å². The topological polar surface area (TPSA) is 83.7 Å². The normalized spacial score (nSPS) is 12.5. The monoisotopic (exact) mass is 512 g/mol. The van der Waals surface area contributed by atoms with E-state index < -0.39 is 19.5 Å². The van der Waals surface area contributed by atoms with Gasteiger partial charge in [-0.25, -0.2) is 9.37 Å². The highest BCUT2D eigenvalue weighted by atomic mass is 35.5. The number of pyridine rings is 1. The molecule has 0 spiro atoms. The van der Waals surface area contributed by atoms with Crippen LogP contribution in [-0.4, -0.2) is 18.2 Å². The number of nitrogen functional groups attached to an aromatic ring is 1. The predicted molar refractivity (Wildman–Crippen MR) is 130 cm³/mol. The Kier molecular flexibility index (Phi) is 8.38. The van der Waals surface area contributed by atoms with E-state index in [1.165, 1.54) is 12.1 Å². The molecule has 0 radical (unpaired) electrons. The van der Waals surface area contributed by atoms with E-state index in [-0.39, 0.29) is 34.8 Å². The molecule has 0 aliphatic carbocycles. The maximum absolute atomic E-state index is 13.9. The van der Waals surface area contributed by atoms with Crippen molar-refractivity contribution in [1.82, 2.24) is 4.98 Å². The van der Waals surface area contributed by atoms with Gasteiger partial charge in [-0.3, -0.25) is 4.57 Å². The van der Waals surface area contributed by atoms with Crippen LogP contribution in [0.5, 0.6) is 5.75 Å². The number of benzene rings is 2. The molecule has 0 bridgehead atoms. The van der Waals surface area contributed by atoms with E-state index in [0.717, 1.165) is 5.56 Å². The molecule has 1 heterocycles. The zero-order valence-electron chi connectivity index (χ0n) is 18.3.